The van der Waals surface area contributed by atoms with Crippen LogP contribution in [0.15, 0.2) is 6.07 Å². The van der Waals surface area contributed by atoms with E-state index >= 15 is 0 Å². The summed E-state index contributed by atoms with van der Waals surface area (Å²) in [6.07, 6.45) is 0.918. The number of nitrogens with one attached hydrogen (secondary N) is 1. The lowest BCUT2D eigenvalue weighted by Crippen LogP contribution is -2.38. The van der Waals surface area contributed by atoms with E-state index in [-0.39, 0.29) is 5.91 Å². The molecule has 1 fully saturated rings. The zero-order valence-electron chi connectivity index (χ0n) is 10.5. The Morgan fingerprint density at radius 1 is 1.42 bits per heavy atom. The van der Waals surface area contributed by atoms with Gasteiger partial charge in [0.2, 0.25) is 0 Å². The molecule has 1 aromatic heterocycles. The third kappa shape index (κ3) is 4.61. The summed E-state index contributed by atoms with van der Waals surface area (Å²) in [6, 6.07) is 1.60. The van der Waals surface area contributed by atoms with Crippen molar-refractivity contribution in [2.45, 2.75) is 6.42 Å². The van der Waals surface area contributed by atoms with E-state index in [0.717, 1.165) is 39.3 Å². The van der Waals surface area contributed by atoms with Crippen molar-refractivity contribution in [1.29, 1.82) is 0 Å². The molecule has 0 radical (unpaired) electrons. The van der Waals surface area contributed by atoms with Crippen molar-refractivity contribution in [3.05, 3.63) is 20.3 Å². The Morgan fingerprint density at radius 2 is 2.16 bits per heavy atom. The van der Waals surface area contributed by atoms with Crippen LogP contribution >= 0.6 is 34.5 Å². The molecule has 1 aliphatic heterocycles. The maximum atomic E-state index is 11.8. The van der Waals surface area contributed by atoms with Gasteiger partial charge in [-0.25, -0.2) is 0 Å². The number of rotatable bonds is 5. The highest BCUT2D eigenvalue weighted by Gasteiger charge is 2.14. The molecule has 0 bridgehead atoms. The number of hydrogen-bond acceptors (Lipinski definition) is 4. The van der Waals surface area contributed by atoms with Gasteiger partial charge in [-0.05, 0) is 19.0 Å². The van der Waals surface area contributed by atoms with Crippen LogP contribution in [-0.4, -0.2) is 50.2 Å². The molecule has 1 N–H and O–H groups in total. The molecular formula is C12H16Cl2N2O2S. The number of halogens is 2. The molecule has 0 atom stereocenters. The summed E-state index contributed by atoms with van der Waals surface area (Å²) < 4.78 is 6.25. The van der Waals surface area contributed by atoms with E-state index in [1.54, 1.807) is 6.07 Å². The summed E-state index contributed by atoms with van der Waals surface area (Å²) >= 11 is 12.9. The summed E-state index contributed by atoms with van der Waals surface area (Å²) in [7, 11) is 0. The van der Waals surface area contributed by atoms with Crippen molar-refractivity contribution in [3.8, 4) is 0 Å². The molecule has 19 heavy (non-hydrogen) atoms. The fourth-order valence-electron chi connectivity index (χ4n) is 1.92. The number of nitrogens with zero attached hydrogens (tertiary/aromatic N) is 1. The van der Waals surface area contributed by atoms with Crippen molar-refractivity contribution in [2.24, 2.45) is 0 Å². The van der Waals surface area contributed by atoms with Gasteiger partial charge in [0.25, 0.3) is 5.91 Å². The lowest BCUT2D eigenvalue weighted by Gasteiger charge is -2.26. The van der Waals surface area contributed by atoms with Crippen molar-refractivity contribution in [2.75, 3.05) is 39.4 Å². The van der Waals surface area contributed by atoms with Crippen LogP contribution in [0.4, 0.5) is 0 Å². The van der Waals surface area contributed by atoms with Gasteiger partial charge < -0.3 is 10.1 Å². The van der Waals surface area contributed by atoms with Gasteiger partial charge in [-0.15, -0.1) is 11.3 Å². The third-order valence-electron chi connectivity index (χ3n) is 2.94. The van der Waals surface area contributed by atoms with Crippen LogP contribution in [0.25, 0.3) is 0 Å². The normalized spacial score (nSPS) is 16.5. The molecule has 2 rings (SSSR count). The predicted octanol–water partition coefficient (Wildman–Crippen LogP) is 2.51. The van der Waals surface area contributed by atoms with Gasteiger partial charge in [-0.3, -0.25) is 9.69 Å². The van der Waals surface area contributed by atoms with E-state index < -0.39 is 0 Å². The Hall–Kier alpha value is -0.330. The first-order valence-corrected chi connectivity index (χ1v) is 7.77. The molecule has 1 aliphatic rings. The largest absolute Gasteiger partial charge is 0.379 e. The van der Waals surface area contributed by atoms with E-state index in [1.807, 2.05) is 0 Å². The molecule has 4 nitrogen and oxygen atoms in total. The van der Waals surface area contributed by atoms with E-state index in [1.165, 1.54) is 11.3 Å². The molecule has 1 saturated heterocycles. The minimum atomic E-state index is -0.157. The second-order valence-electron chi connectivity index (χ2n) is 4.30. The molecule has 2 heterocycles. The number of carbonyl (C=O) groups is 1. The quantitative estimate of drug-likeness (QED) is 0.847. The molecular weight excluding hydrogens is 307 g/mol. The minimum absolute atomic E-state index is 0.157. The molecule has 1 amide bonds. The van der Waals surface area contributed by atoms with E-state index in [9.17, 15) is 4.79 Å². The zero-order chi connectivity index (χ0) is 13.7. The van der Waals surface area contributed by atoms with Crippen molar-refractivity contribution < 1.29 is 9.53 Å². The highest BCUT2D eigenvalue weighted by molar-refractivity contribution is 7.20. The second kappa shape index (κ2) is 7.45. The number of morpholine rings is 1. The minimum Gasteiger partial charge on any atom is -0.379 e. The van der Waals surface area contributed by atoms with Gasteiger partial charge in [0.1, 0.15) is 4.34 Å². The highest BCUT2D eigenvalue weighted by Crippen LogP contribution is 2.30. The van der Waals surface area contributed by atoms with Crippen molar-refractivity contribution >= 4 is 40.4 Å². The monoisotopic (exact) mass is 322 g/mol. The van der Waals surface area contributed by atoms with E-state index in [4.69, 9.17) is 27.9 Å². The summed E-state index contributed by atoms with van der Waals surface area (Å²) in [5.74, 6) is -0.157. The van der Waals surface area contributed by atoms with E-state index in [2.05, 4.69) is 10.2 Å². The molecule has 0 aliphatic carbocycles. The first kappa shape index (κ1) is 15.1. The summed E-state index contributed by atoms with van der Waals surface area (Å²) in [5.41, 5.74) is 0.461. The van der Waals surface area contributed by atoms with Crippen LogP contribution in [0.3, 0.4) is 0 Å². The van der Waals surface area contributed by atoms with Crippen molar-refractivity contribution in [3.63, 3.8) is 0 Å². The average molecular weight is 323 g/mol. The fraction of sp³-hybridized carbons (Fsp3) is 0.583. The molecule has 1 aromatic rings. The molecule has 0 unspecified atom stereocenters. The number of hydrogen-bond donors (Lipinski definition) is 1. The lowest BCUT2D eigenvalue weighted by molar-refractivity contribution is 0.0374. The summed E-state index contributed by atoms with van der Waals surface area (Å²) in [5, 5.41) is 2.86. The summed E-state index contributed by atoms with van der Waals surface area (Å²) in [6.45, 7) is 5.16. The molecule has 0 saturated carbocycles. The van der Waals surface area contributed by atoms with Crippen LogP contribution in [0.1, 0.15) is 16.8 Å². The van der Waals surface area contributed by atoms with Gasteiger partial charge in [0, 0.05) is 19.6 Å². The zero-order valence-corrected chi connectivity index (χ0v) is 12.8. The van der Waals surface area contributed by atoms with Gasteiger partial charge in [-0.2, -0.15) is 0 Å². The SMILES string of the molecule is O=C(NCCCN1CCOCC1)c1cc(Cl)sc1Cl. The average Bonchev–Trinajstić information content (AvgIpc) is 2.75. The predicted molar refractivity (Wildman–Crippen MR) is 78.5 cm³/mol. The summed E-state index contributed by atoms with van der Waals surface area (Å²) in [4.78, 5) is 14.2. The molecule has 0 aromatic carbocycles. The first-order chi connectivity index (χ1) is 9.16. The maximum Gasteiger partial charge on any atom is 0.253 e. The van der Waals surface area contributed by atoms with Crippen LogP contribution in [0, 0.1) is 0 Å². The van der Waals surface area contributed by atoms with Gasteiger partial charge >= 0.3 is 0 Å². The maximum absolute atomic E-state index is 11.8. The third-order valence-corrected chi connectivity index (χ3v) is 4.43. The topological polar surface area (TPSA) is 41.6 Å². The van der Waals surface area contributed by atoms with Gasteiger partial charge in [0.05, 0.1) is 23.1 Å². The van der Waals surface area contributed by atoms with Crippen LogP contribution in [0.5, 0.6) is 0 Å². The Balaban J connectivity index is 1.67. The molecule has 106 valence electrons. The first-order valence-electron chi connectivity index (χ1n) is 6.20. The van der Waals surface area contributed by atoms with Crippen LogP contribution < -0.4 is 5.32 Å². The Labute approximate surface area is 126 Å². The van der Waals surface area contributed by atoms with E-state index in [0.29, 0.717) is 20.8 Å². The smallest absolute Gasteiger partial charge is 0.253 e. The molecule has 7 heteroatoms. The Kier molecular flexibility index (Phi) is 5.91. The molecule has 0 spiro atoms. The number of thiophene rings is 1. The second-order valence-corrected chi connectivity index (χ2v) is 6.59. The van der Waals surface area contributed by atoms with Gasteiger partial charge in [0.15, 0.2) is 0 Å². The van der Waals surface area contributed by atoms with Crippen LogP contribution in [-0.2, 0) is 4.74 Å². The van der Waals surface area contributed by atoms with Crippen molar-refractivity contribution in [1.82, 2.24) is 10.2 Å². The number of amides is 1. The standard InChI is InChI=1S/C12H16Cl2N2O2S/c13-10-8-9(11(14)19-10)12(17)15-2-1-3-16-4-6-18-7-5-16/h8H,1-7H2,(H,15,17). The Bertz CT molecular complexity index is 433. The lowest BCUT2D eigenvalue weighted by atomic mass is 10.3. The van der Waals surface area contributed by atoms with Crippen LogP contribution in [0.2, 0.25) is 8.67 Å². The number of carbonyl (C=O) groups excluding carboxylic acids is 1. The Morgan fingerprint density at radius 3 is 2.79 bits per heavy atom. The number of ether oxygens (including phenoxy) is 1. The fourth-order valence-corrected chi connectivity index (χ4v) is 3.38. The van der Waals surface area contributed by atoms with Gasteiger partial charge in [-0.1, -0.05) is 23.2 Å². The highest BCUT2D eigenvalue weighted by atomic mass is 35.5.